The zero-order chi connectivity index (χ0) is 12.4. The van der Waals surface area contributed by atoms with Gasteiger partial charge in [0.1, 0.15) is 5.82 Å². The van der Waals surface area contributed by atoms with E-state index in [-0.39, 0.29) is 5.82 Å². The highest BCUT2D eigenvalue weighted by Gasteiger charge is 2.29. The van der Waals surface area contributed by atoms with Crippen LogP contribution in [0.25, 0.3) is 0 Å². The van der Waals surface area contributed by atoms with Crippen LogP contribution in [0.4, 0.5) is 4.39 Å². The number of hydrogen-bond acceptors (Lipinski definition) is 4. The summed E-state index contributed by atoms with van der Waals surface area (Å²) in [5.74, 6) is -0.390. The van der Waals surface area contributed by atoms with Gasteiger partial charge in [-0.15, -0.1) is 0 Å². The Hall–Kier alpha value is -1.48. The van der Waals surface area contributed by atoms with Gasteiger partial charge < -0.3 is 10.2 Å². The number of rotatable bonds is 2. The molecule has 2 rings (SSSR count). The molecule has 0 saturated carbocycles. The molecule has 0 amide bonds. The number of hydrogen-bond donors (Lipinski definition) is 2. The van der Waals surface area contributed by atoms with Gasteiger partial charge in [-0.25, -0.2) is 4.39 Å². The maximum absolute atomic E-state index is 13.1. The van der Waals surface area contributed by atoms with Crippen LogP contribution in [0.5, 0.6) is 0 Å². The molecule has 0 aromatic heterocycles. The number of nitriles is 1. The van der Waals surface area contributed by atoms with Gasteiger partial charge in [0.15, 0.2) is 0 Å². The Morgan fingerprint density at radius 3 is 2.59 bits per heavy atom. The van der Waals surface area contributed by atoms with Crippen molar-refractivity contribution in [3.63, 3.8) is 0 Å². The average Bonchev–Trinajstić information content (AvgIpc) is 2.58. The van der Waals surface area contributed by atoms with Crippen LogP contribution in [-0.2, 0) is 6.54 Å². The normalized spacial score (nSPS) is 24.8. The molecule has 5 heteroatoms. The SMILES string of the molecule is N#Cc1ccc(F)cc1CN1CC(O)C(O)C1. The lowest BCUT2D eigenvalue weighted by Crippen LogP contribution is -2.22. The molecule has 4 nitrogen and oxygen atoms in total. The molecular formula is C12H13FN2O2. The topological polar surface area (TPSA) is 67.5 Å². The highest BCUT2D eigenvalue weighted by atomic mass is 19.1. The number of likely N-dealkylation sites (tertiary alicyclic amines) is 1. The number of β-amino-alcohol motifs (C(OH)–C–C–N with tert-alkyl or cyclic N) is 2. The summed E-state index contributed by atoms with van der Waals surface area (Å²) >= 11 is 0. The first-order chi connectivity index (χ1) is 8.10. The molecule has 2 atom stereocenters. The molecule has 90 valence electrons. The van der Waals surface area contributed by atoms with E-state index in [1.807, 2.05) is 6.07 Å². The first kappa shape index (κ1) is 12.0. The molecule has 2 N–H and O–H groups in total. The van der Waals surface area contributed by atoms with Gasteiger partial charge in [0.25, 0.3) is 0 Å². The van der Waals surface area contributed by atoms with E-state index in [1.54, 1.807) is 4.90 Å². The Kier molecular flexibility index (Phi) is 3.38. The summed E-state index contributed by atoms with van der Waals surface area (Å²) in [6.45, 7) is 1.03. The van der Waals surface area contributed by atoms with E-state index in [0.717, 1.165) is 0 Å². The van der Waals surface area contributed by atoms with Crippen LogP contribution >= 0.6 is 0 Å². The van der Waals surface area contributed by atoms with Crippen molar-refractivity contribution in [2.24, 2.45) is 0 Å². The smallest absolute Gasteiger partial charge is 0.123 e. The Labute approximate surface area is 98.5 Å². The molecule has 1 aromatic carbocycles. The fourth-order valence-electron chi connectivity index (χ4n) is 2.02. The monoisotopic (exact) mass is 236 g/mol. The van der Waals surface area contributed by atoms with E-state index >= 15 is 0 Å². The summed E-state index contributed by atoms with van der Waals surface area (Å²) in [7, 11) is 0. The minimum Gasteiger partial charge on any atom is -0.389 e. The fraction of sp³-hybridized carbons (Fsp3) is 0.417. The highest BCUT2D eigenvalue weighted by Crippen LogP contribution is 2.17. The Balaban J connectivity index is 2.14. The predicted octanol–water partition coefficient (Wildman–Crippen LogP) is 0.235. The Morgan fingerprint density at radius 2 is 2.00 bits per heavy atom. The first-order valence-corrected chi connectivity index (χ1v) is 5.37. The summed E-state index contributed by atoms with van der Waals surface area (Å²) in [5, 5.41) is 27.7. The lowest BCUT2D eigenvalue weighted by atomic mass is 10.1. The number of nitrogens with zero attached hydrogens (tertiary/aromatic N) is 2. The van der Waals surface area contributed by atoms with Crippen molar-refractivity contribution in [3.8, 4) is 6.07 Å². The predicted molar refractivity (Wildman–Crippen MR) is 58.4 cm³/mol. The highest BCUT2D eigenvalue weighted by molar-refractivity contribution is 5.37. The first-order valence-electron chi connectivity index (χ1n) is 5.37. The average molecular weight is 236 g/mol. The minimum absolute atomic E-state index is 0.336. The maximum Gasteiger partial charge on any atom is 0.123 e. The van der Waals surface area contributed by atoms with Gasteiger partial charge in [-0.1, -0.05) is 0 Å². The molecule has 0 spiro atoms. The van der Waals surface area contributed by atoms with Gasteiger partial charge in [0.05, 0.1) is 23.8 Å². The molecule has 1 fully saturated rings. The fourth-order valence-corrected chi connectivity index (χ4v) is 2.02. The molecule has 1 heterocycles. The van der Waals surface area contributed by atoms with Crippen LogP contribution < -0.4 is 0 Å². The van der Waals surface area contributed by atoms with Gasteiger partial charge in [-0.05, 0) is 23.8 Å². The summed E-state index contributed by atoms with van der Waals surface area (Å²) in [6.07, 6.45) is -1.54. The van der Waals surface area contributed by atoms with Gasteiger partial charge in [-0.3, -0.25) is 4.90 Å². The molecule has 0 radical (unpaired) electrons. The number of aliphatic hydroxyl groups excluding tert-OH is 2. The zero-order valence-corrected chi connectivity index (χ0v) is 9.17. The molecule has 2 unspecified atom stereocenters. The quantitative estimate of drug-likeness (QED) is 0.771. The van der Waals surface area contributed by atoms with Crippen LogP contribution in [0.3, 0.4) is 0 Å². The van der Waals surface area contributed by atoms with Crippen molar-refractivity contribution in [2.45, 2.75) is 18.8 Å². The van der Waals surface area contributed by atoms with Gasteiger partial charge in [-0.2, -0.15) is 5.26 Å². The molecule has 1 saturated heterocycles. The number of benzene rings is 1. The molecule has 0 bridgehead atoms. The van der Waals surface area contributed by atoms with Crippen LogP contribution in [-0.4, -0.2) is 40.4 Å². The van der Waals surface area contributed by atoms with E-state index in [1.165, 1.54) is 18.2 Å². The van der Waals surface area contributed by atoms with E-state index in [9.17, 15) is 14.6 Å². The van der Waals surface area contributed by atoms with E-state index in [4.69, 9.17) is 5.26 Å². The van der Waals surface area contributed by atoms with Gasteiger partial charge in [0, 0.05) is 19.6 Å². The molecular weight excluding hydrogens is 223 g/mol. The van der Waals surface area contributed by atoms with E-state index in [0.29, 0.717) is 30.8 Å². The molecule has 1 aromatic rings. The largest absolute Gasteiger partial charge is 0.389 e. The second-order valence-corrected chi connectivity index (χ2v) is 4.24. The second kappa shape index (κ2) is 4.80. The lowest BCUT2D eigenvalue weighted by molar-refractivity contribution is 0.0572. The Bertz CT molecular complexity index is 448. The lowest BCUT2D eigenvalue weighted by Gasteiger charge is -2.15. The molecule has 0 aliphatic carbocycles. The zero-order valence-electron chi connectivity index (χ0n) is 9.17. The van der Waals surface area contributed by atoms with Crippen molar-refractivity contribution in [1.82, 2.24) is 4.90 Å². The van der Waals surface area contributed by atoms with Gasteiger partial charge >= 0.3 is 0 Å². The second-order valence-electron chi connectivity index (χ2n) is 4.24. The van der Waals surface area contributed by atoms with E-state index in [2.05, 4.69) is 0 Å². The molecule has 1 aliphatic rings. The van der Waals surface area contributed by atoms with Crippen molar-refractivity contribution in [1.29, 1.82) is 5.26 Å². The third kappa shape index (κ3) is 2.61. The number of aliphatic hydroxyl groups is 2. The minimum atomic E-state index is -0.769. The maximum atomic E-state index is 13.1. The third-order valence-electron chi connectivity index (χ3n) is 2.92. The van der Waals surface area contributed by atoms with Crippen molar-refractivity contribution < 1.29 is 14.6 Å². The van der Waals surface area contributed by atoms with Crippen LogP contribution in [0.1, 0.15) is 11.1 Å². The molecule has 17 heavy (non-hydrogen) atoms. The summed E-state index contributed by atoms with van der Waals surface area (Å²) in [4.78, 5) is 1.80. The van der Waals surface area contributed by atoms with Crippen molar-refractivity contribution in [2.75, 3.05) is 13.1 Å². The van der Waals surface area contributed by atoms with E-state index < -0.39 is 12.2 Å². The van der Waals surface area contributed by atoms with Crippen LogP contribution in [0.2, 0.25) is 0 Å². The molecule has 1 aliphatic heterocycles. The third-order valence-corrected chi connectivity index (χ3v) is 2.92. The number of halogens is 1. The van der Waals surface area contributed by atoms with Crippen LogP contribution in [0, 0.1) is 17.1 Å². The summed E-state index contributed by atoms with van der Waals surface area (Å²) in [5.41, 5.74) is 0.996. The van der Waals surface area contributed by atoms with Crippen molar-refractivity contribution >= 4 is 0 Å². The van der Waals surface area contributed by atoms with Gasteiger partial charge in [0.2, 0.25) is 0 Å². The van der Waals surface area contributed by atoms with Crippen molar-refractivity contribution in [3.05, 3.63) is 35.1 Å². The van der Waals surface area contributed by atoms with Crippen LogP contribution in [0.15, 0.2) is 18.2 Å². The standard InChI is InChI=1S/C12H13FN2O2/c13-10-2-1-8(4-14)9(3-10)5-15-6-11(16)12(17)7-15/h1-3,11-12,16-17H,5-7H2. The summed E-state index contributed by atoms with van der Waals surface area (Å²) < 4.78 is 13.1. The Morgan fingerprint density at radius 1 is 1.35 bits per heavy atom. The summed E-state index contributed by atoms with van der Waals surface area (Å²) in [6, 6.07) is 6.00.